The highest BCUT2D eigenvalue weighted by Gasteiger charge is 2.56. The topological polar surface area (TPSA) is 93.7 Å². The van der Waals surface area contributed by atoms with Gasteiger partial charge in [0.05, 0.1) is 25.0 Å². The molecule has 0 spiro atoms. The fourth-order valence-electron chi connectivity index (χ4n) is 2.86. The van der Waals surface area contributed by atoms with Crippen LogP contribution in [0.1, 0.15) is 30.1 Å². The summed E-state index contributed by atoms with van der Waals surface area (Å²) in [6.45, 7) is 2.45. The molecule has 1 saturated carbocycles. The van der Waals surface area contributed by atoms with Gasteiger partial charge >= 0.3 is 5.97 Å². The molecule has 0 aliphatic heterocycles. The minimum absolute atomic E-state index is 0.237. The molecule has 1 aliphatic rings. The first-order chi connectivity index (χ1) is 13.5. The summed E-state index contributed by atoms with van der Waals surface area (Å²) in [6.07, 6.45) is 0.893. The molecule has 0 radical (unpaired) electrons. The SMILES string of the molecule is CCOc1ccc(NC(=O)C2(C(=O)Nc3ccccc3C(=O)OC)CC2)cc1. The van der Waals surface area contributed by atoms with Gasteiger partial charge in [0.25, 0.3) is 0 Å². The van der Waals surface area contributed by atoms with Crippen molar-refractivity contribution in [1.82, 2.24) is 0 Å². The summed E-state index contributed by atoms with van der Waals surface area (Å²) >= 11 is 0. The molecule has 1 aliphatic carbocycles. The number of para-hydroxylation sites is 1. The number of methoxy groups -OCH3 is 1. The van der Waals surface area contributed by atoms with Crippen LogP contribution in [0, 0.1) is 5.41 Å². The number of benzene rings is 2. The number of hydrogen-bond donors (Lipinski definition) is 2. The lowest BCUT2D eigenvalue weighted by atomic mass is 10.0. The van der Waals surface area contributed by atoms with Gasteiger partial charge in [0.1, 0.15) is 11.2 Å². The predicted molar refractivity (Wildman–Crippen MR) is 104 cm³/mol. The molecule has 7 nitrogen and oxygen atoms in total. The number of anilines is 2. The molecule has 28 heavy (non-hydrogen) atoms. The lowest BCUT2D eigenvalue weighted by Crippen LogP contribution is -2.36. The van der Waals surface area contributed by atoms with E-state index in [1.165, 1.54) is 7.11 Å². The van der Waals surface area contributed by atoms with E-state index in [0.717, 1.165) is 0 Å². The molecule has 2 aromatic carbocycles. The van der Waals surface area contributed by atoms with Gasteiger partial charge in [-0.1, -0.05) is 12.1 Å². The third-order valence-electron chi connectivity index (χ3n) is 4.62. The van der Waals surface area contributed by atoms with Crippen LogP contribution in [0.4, 0.5) is 11.4 Å². The Morgan fingerprint density at radius 1 is 0.964 bits per heavy atom. The Bertz CT molecular complexity index is 888. The summed E-state index contributed by atoms with van der Waals surface area (Å²) < 4.78 is 10.1. The van der Waals surface area contributed by atoms with Crippen LogP contribution >= 0.6 is 0 Å². The first-order valence-electron chi connectivity index (χ1n) is 9.03. The monoisotopic (exact) mass is 382 g/mol. The van der Waals surface area contributed by atoms with Crippen molar-refractivity contribution in [3.8, 4) is 5.75 Å². The molecule has 2 N–H and O–H groups in total. The van der Waals surface area contributed by atoms with Crippen LogP contribution in [0.15, 0.2) is 48.5 Å². The molecular weight excluding hydrogens is 360 g/mol. The van der Waals surface area contributed by atoms with Gasteiger partial charge in [-0.05, 0) is 56.2 Å². The van der Waals surface area contributed by atoms with Gasteiger partial charge < -0.3 is 20.1 Å². The predicted octanol–water partition coefficient (Wildman–Crippen LogP) is 3.23. The maximum Gasteiger partial charge on any atom is 0.339 e. The van der Waals surface area contributed by atoms with Gasteiger partial charge in [-0.3, -0.25) is 9.59 Å². The van der Waals surface area contributed by atoms with Crippen molar-refractivity contribution in [2.75, 3.05) is 24.4 Å². The van der Waals surface area contributed by atoms with Gasteiger partial charge in [0, 0.05) is 5.69 Å². The molecule has 0 atom stereocenters. The van der Waals surface area contributed by atoms with Crippen LogP contribution in [0.3, 0.4) is 0 Å². The standard InChI is InChI=1S/C21H22N2O5/c1-3-28-15-10-8-14(9-11-15)22-19(25)21(12-13-21)20(26)23-17-7-5-4-6-16(17)18(24)27-2/h4-11H,3,12-13H2,1-2H3,(H,22,25)(H,23,26). The zero-order valence-corrected chi connectivity index (χ0v) is 15.8. The van der Waals surface area contributed by atoms with E-state index in [4.69, 9.17) is 9.47 Å². The lowest BCUT2D eigenvalue weighted by Gasteiger charge is -2.17. The Morgan fingerprint density at radius 3 is 2.21 bits per heavy atom. The number of esters is 1. The molecule has 2 amide bonds. The first-order valence-corrected chi connectivity index (χ1v) is 9.03. The second-order valence-corrected chi connectivity index (χ2v) is 6.48. The quantitative estimate of drug-likeness (QED) is 0.566. The summed E-state index contributed by atoms with van der Waals surface area (Å²) in [6, 6.07) is 13.5. The van der Waals surface area contributed by atoms with Crippen LogP contribution in [-0.2, 0) is 14.3 Å². The molecule has 0 saturated heterocycles. The van der Waals surface area contributed by atoms with Crippen LogP contribution in [0.25, 0.3) is 0 Å². The maximum absolute atomic E-state index is 12.8. The zero-order valence-electron chi connectivity index (χ0n) is 15.8. The third-order valence-corrected chi connectivity index (χ3v) is 4.62. The normalized spacial score (nSPS) is 13.9. The lowest BCUT2D eigenvalue weighted by molar-refractivity contribution is -0.131. The number of nitrogens with one attached hydrogen (secondary N) is 2. The molecule has 2 aromatic rings. The van der Waals surface area contributed by atoms with Crippen molar-refractivity contribution < 1.29 is 23.9 Å². The minimum atomic E-state index is -1.14. The Balaban J connectivity index is 1.70. The largest absolute Gasteiger partial charge is 0.494 e. The van der Waals surface area contributed by atoms with E-state index in [0.29, 0.717) is 36.6 Å². The van der Waals surface area contributed by atoms with Gasteiger partial charge in [-0.15, -0.1) is 0 Å². The molecule has 3 rings (SSSR count). The Labute approximate surface area is 163 Å². The molecule has 146 valence electrons. The second kappa shape index (κ2) is 8.12. The minimum Gasteiger partial charge on any atom is -0.494 e. The van der Waals surface area contributed by atoms with E-state index in [2.05, 4.69) is 10.6 Å². The highest BCUT2D eigenvalue weighted by atomic mass is 16.5. The van der Waals surface area contributed by atoms with Crippen molar-refractivity contribution in [3.63, 3.8) is 0 Å². The highest BCUT2D eigenvalue weighted by Crippen LogP contribution is 2.47. The summed E-state index contributed by atoms with van der Waals surface area (Å²) in [7, 11) is 1.27. The third kappa shape index (κ3) is 3.98. The first kappa shape index (κ1) is 19.4. The van der Waals surface area contributed by atoms with E-state index < -0.39 is 17.3 Å². The number of carbonyl (C=O) groups is 3. The summed E-state index contributed by atoms with van der Waals surface area (Å²) in [5.74, 6) is -0.657. The molecular formula is C21H22N2O5. The molecule has 0 aromatic heterocycles. The van der Waals surface area contributed by atoms with E-state index in [1.807, 2.05) is 6.92 Å². The average Bonchev–Trinajstić information content (AvgIpc) is 3.52. The molecule has 1 fully saturated rings. The fraction of sp³-hybridized carbons (Fsp3) is 0.286. The van der Waals surface area contributed by atoms with Gasteiger partial charge in [-0.2, -0.15) is 0 Å². The van der Waals surface area contributed by atoms with Crippen LogP contribution in [0.2, 0.25) is 0 Å². The maximum atomic E-state index is 12.8. The zero-order chi connectivity index (χ0) is 20.1. The number of ether oxygens (including phenoxy) is 2. The Morgan fingerprint density at radius 2 is 1.61 bits per heavy atom. The molecule has 7 heteroatoms. The van der Waals surface area contributed by atoms with Gasteiger partial charge in [0.2, 0.25) is 11.8 Å². The van der Waals surface area contributed by atoms with Crippen LogP contribution in [0.5, 0.6) is 5.75 Å². The van der Waals surface area contributed by atoms with E-state index in [9.17, 15) is 14.4 Å². The molecule has 0 bridgehead atoms. The number of amides is 2. The summed E-state index contributed by atoms with van der Waals surface area (Å²) in [5, 5.41) is 5.48. The second-order valence-electron chi connectivity index (χ2n) is 6.48. The summed E-state index contributed by atoms with van der Waals surface area (Å²) in [4.78, 5) is 37.4. The number of hydrogen-bond acceptors (Lipinski definition) is 5. The Hall–Kier alpha value is -3.35. The van der Waals surface area contributed by atoms with E-state index in [1.54, 1.807) is 48.5 Å². The van der Waals surface area contributed by atoms with Crippen molar-refractivity contribution in [3.05, 3.63) is 54.1 Å². The molecule has 0 heterocycles. The number of rotatable bonds is 7. The fourth-order valence-corrected chi connectivity index (χ4v) is 2.86. The van der Waals surface area contributed by atoms with E-state index in [-0.39, 0.29) is 11.5 Å². The van der Waals surface area contributed by atoms with Crippen LogP contribution in [-0.4, -0.2) is 31.5 Å². The van der Waals surface area contributed by atoms with E-state index >= 15 is 0 Å². The van der Waals surface area contributed by atoms with Gasteiger partial charge in [-0.25, -0.2) is 4.79 Å². The van der Waals surface area contributed by atoms with Crippen molar-refractivity contribution in [2.45, 2.75) is 19.8 Å². The van der Waals surface area contributed by atoms with Gasteiger partial charge in [0.15, 0.2) is 0 Å². The highest BCUT2D eigenvalue weighted by molar-refractivity contribution is 6.17. The molecule has 0 unspecified atom stereocenters. The van der Waals surface area contributed by atoms with Crippen molar-refractivity contribution in [1.29, 1.82) is 0 Å². The van der Waals surface area contributed by atoms with Crippen molar-refractivity contribution >= 4 is 29.2 Å². The smallest absolute Gasteiger partial charge is 0.339 e. The van der Waals surface area contributed by atoms with Crippen molar-refractivity contribution in [2.24, 2.45) is 5.41 Å². The van der Waals surface area contributed by atoms with Crippen LogP contribution < -0.4 is 15.4 Å². The average molecular weight is 382 g/mol. The summed E-state index contributed by atoms with van der Waals surface area (Å²) in [5.41, 5.74) is 0.00463. The Kier molecular flexibility index (Phi) is 5.63. The number of carbonyl (C=O) groups excluding carboxylic acids is 3.